The van der Waals surface area contributed by atoms with Crippen molar-refractivity contribution >= 4 is 22.5 Å². The van der Waals surface area contributed by atoms with Crippen LogP contribution >= 0.6 is 0 Å². The van der Waals surface area contributed by atoms with Crippen LogP contribution in [0.4, 0.5) is 0 Å². The van der Waals surface area contributed by atoms with Gasteiger partial charge in [0.05, 0.1) is 11.0 Å². The summed E-state index contributed by atoms with van der Waals surface area (Å²) in [6.07, 6.45) is 3.55. The van der Waals surface area contributed by atoms with Crippen molar-refractivity contribution < 1.29 is 4.79 Å². The van der Waals surface area contributed by atoms with E-state index < -0.39 is 0 Å². The van der Waals surface area contributed by atoms with Crippen LogP contribution in [0.5, 0.6) is 0 Å². The number of carbonyl (C=O) groups excluding carboxylic acids is 1. The van der Waals surface area contributed by atoms with Gasteiger partial charge in [0.15, 0.2) is 0 Å². The van der Waals surface area contributed by atoms with Gasteiger partial charge in [-0.25, -0.2) is 0 Å². The zero-order valence-corrected chi connectivity index (χ0v) is 14.5. The lowest BCUT2D eigenvalue weighted by molar-refractivity contribution is 0.0797. The standard InChI is InChI=1S/C19H22N4O2/c1-4-10-23-17-13-14(18(24)21(3)12-9-20-2)7-8-15(17)22-11-5-6-16(22)19(23)25/h4-8,11,13,20H,1,9-10,12H2,2-3H3. The minimum atomic E-state index is -0.0921. The second-order valence-corrected chi connectivity index (χ2v) is 6.00. The summed E-state index contributed by atoms with van der Waals surface area (Å²) in [4.78, 5) is 27.1. The van der Waals surface area contributed by atoms with Gasteiger partial charge in [0, 0.05) is 38.4 Å². The molecule has 0 fully saturated rings. The number of amides is 1. The van der Waals surface area contributed by atoms with E-state index in [4.69, 9.17) is 0 Å². The van der Waals surface area contributed by atoms with E-state index in [9.17, 15) is 9.59 Å². The van der Waals surface area contributed by atoms with E-state index in [0.29, 0.717) is 24.2 Å². The molecule has 1 N–H and O–H groups in total. The lowest BCUT2D eigenvalue weighted by atomic mass is 10.1. The summed E-state index contributed by atoms with van der Waals surface area (Å²) in [7, 11) is 3.63. The molecule has 1 amide bonds. The zero-order chi connectivity index (χ0) is 18.0. The number of likely N-dealkylation sites (N-methyl/N-ethyl adjacent to an activating group) is 2. The van der Waals surface area contributed by atoms with Crippen LogP contribution < -0.4 is 10.9 Å². The number of fused-ring (bicyclic) bond motifs is 3. The van der Waals surface area contributed by atoms with E-state index in [1.165, 1.54) is 0 Å². The number of aromatic nitrogens is 2. The van der Waals surface area contributed by atoms with E-state index in [2.05, 4.69) is 11.9 Å². The van der Waals surface area contributed by atoms with Crippen LogP contribution in [0, 0.1) is 0 Å². The van der Waals surface area contributed by atoms with Crippen molar-refractivity contribution in [1.29, 1.82) is 0 Å². The number of hydrogen-bond donors (Lipinski definition) is 1. The van der Waals surface area contributed by atoms with Gasteiger partial charge < -0.3 is 19.2 Å². The maximum absolute atomic E-state index is 12.7. The molecule has 2 aromatic heterocycles. The first-order valence-electron chi connectivity index (χ1n) is 8.23. The van der Waals surface area contributed by atoms with Crippen LogP contribution in [0.25, 0.3) is 16.6 Å². The number of allylic oxidation sites excluding steroid dienone is 1. The predicted molar refractivity (Wildman–Crippen MR) is 100 cm³/mol. The Hall–Kier alpha value is -2.86. The molecule has 0 aliphatic heterocycles. The number of benzene rings is 1. The van der Waals surface area contributed by atoms with Crippen molar-refractivity contribution in [3.05, 3.63) is 65.1 Å². The topological polar surface area (TPSA) is 58.8 Å². The lowest BCUT2D eigenvalue weighted by Crippen LogP contribution is -2.32. The Morgan fingerprint density at radius 3 is 2.80 bits per heavy atom. The highest BCUT2D eigenvalue weighted by Crippen LogP contribution is 2.18. The Morgan fingerprint density at radius 1 is 1.28 bits per heavy atom. The quantitative estimate of drug-likeness (QED) is 0.697. The van der Waals surface area contributed by atoms with E-state index >= 15 is 0 Å². The first-order chi connectivity index (χ1) is 12.1. The number of carbonyl (C=O) groups is 1. The summed E-state index contributed by atoms with van der Waals surface area (Å²) >= 11 is 0. The van der Waals surface area contributed by atoms with Crippen molar-refractivity contribution in [2.75, 3.05) is 27.2 Å². The monoisotopic (exact) mass is 338 g/mol. The molecule has 0 unspecified atom stereocenters. The van der Waals surface area contributed by atoms with Crippen molar-refractivity contribution in [3.63, 3.8) is 0 Å². The van der Waals surface area contributed by atoms with Gasteiger partial charge in [0.2, 0.25) is 0 Å². The molecule has 6 heteroatoms. The smallest absolute Gasteiger partial charge is 0.275 e. The minimum absolute atomic E-state index is 0.0673. The molecule has 2 heterocycles. The molecule has 130 valence electrons. The molecule has 0 spiro atoms. The minimum Gasteiger partial charge on any atom is -0.340 e. The van der Waals surface area contributed by atoms with Crippen LogP contribution in [0.1, 0.15) is 10.4 Å². The Balaban J connectivity index is 2.17. The molecular weight excluding hydrogens is 316 g/mol. The molecule has 0 aliphatic carbocycles. The van der Waals surface area contributed by atoms with Crippen LogP contribution in [0.3, 0.4) is 0 Å². The molecule has 3 aromatic rings. The SMILES string of the molecule is C=CCn1c(=O)c2cccn2c2ccc(C(=O)N(C)CCNC)cc21. The van der Waals surface area contributed by atoms with Crippen LogP contribution in [0.15, 0.2) is 54.0 Å². The van der Waals surface area contributed by atoms with Gasteiger partial charge in [-0.1, -0.05) is 6.08 Å². The van der Waals surface area contributed by atoms with Crippen molar-refractivity contribution in [2.45, 2.75) is 6.54 Å². The highest BCUT2D eigenvalue weighted by atomic mass is 16.2. The fourth-order valence-corrected chi connectivity index (χ4v) is 3.00. The van der Waals surface area contributed by atoms with Gasteiger partial charge in [-0.3, -0.25) is 9.59 Å². The number of nitrogens with one attached hydrogen (secondary N) is 1. The van der Waals surface area contributed by atoms with Gasteiger partial charge in [0.25, 0.3) is 11.5 Å². The molecule has 0 saturated heterocycles. The molecule has 0 atom stereocenters. The molecule has 25 heavy (non-hydrogen) atoms. The number of hydrogen-bond acceptors (Lipinski definition) is 3. The van der Waals surface area contributed by atoms with Gasteiger partial charge >= 0.3 is 0 Å². The summed E-state index contributed by atoms with van der Waals surface area (Å²) < 4.78 is 3.51. The third kappa shape index (κ3) is 2.96. The van der Waals surface area contributed by atoms with Crippen LogP contribution in [-0.4, -0.2) is 47.0 Å². The number of nitrogens with zero attached hydrogens (tertiary/aromatic N) is 3. The first kappa shape index (κ1) is 17.0. The summed E-state index contributed by atoms with van der Waals surface area (Å²) in [6, 6.07) is 9.13. The highest BCUT2D eigenvalue weighted by molar-refractivity contribution is 5.97. The predicted octanol–water partition coefficient (Wildman–Crippen LogP) is 1.73. The van der Waals surface area contributed by atoms with Crippen LogP contribution in [-0.2, 0) is 6.54 Å². The molecule has 0 aliphatic rings. The van der Waals surface area contributed by atoms with Gasteiger partial charge in [-0.15, -0.1) is 6.58 Å². The third-order valence-electron chi connectivity index (χ3n) is 4.34. The average molecular weight is 338 g/mol. The molecule has 1 aromatic carbocycles. The van der Waals surface area contributed by atoms with Crippen LogP contribution in [0.2, 0.25) is 0 Å². The maximum atomic E-state index is 12.7. The third-order valence-corrected chi connectivity index (χ3v) is 4.34. The van der Waals surface area contributed by atoms with E-state index in [1.807, 2.05) is 35.8 Å². The summed E-state index contributed by atoms with van der Waals surface area (Å²) in [5, 5.41) is 3.03. The van der Waals surface area contributed by atoms with E-state index in [-0.39, 0.29) is 11.5 Å². The summed E-state index contributed by atoms with van der Waals surface area (Å²) in [6.45, 7) is 5.47. The van der Waals surface area contributed by atoms with Crippen molar-refractivity contribution in [2.24, 2.45) is 0 Å². The second-order valence-electron chi connectivity index (χ2n) is 6.00. The van der Waals surface area contributed by atoms with Gasteiger partial charge in [0.1, 0.15) is 5.52 Å². The first-order valence-corrected chi connectivity index (χ1v) is 8.23. The van der Waals surface area contributed by atoms with E-state index in [0.717, 1.165) is 17.6 Å². The molecule has 0 saturated carbocycles. The average Bonchev–Trinajstić information content (AvgIpc) is 3.12. The van der Waals surface area contributed by atoms with Crippen molar-refractivity contribution in [1.82, 2.24) is 19.2 Å². The van der Waals surface area contributed by atoms with Gasteiger partial charge in [-0.05, 0) is 37.4 Å². The Kier molecular flexibility index (Phi) is 4.72. The fraction of sp³-hybridized carbons (Fsp3) is 0.263. The Morgan fingerprint density at radius 2 is 2.08 bits per heavy atom. The Bertz CT molecular complexity index is 1000. The zero-order valence-electron chi connectivity index (χ0n) is 14.5. The number of rotatable bonds is 6. The maximum Gasteiger partial charge on any atom is 0.275 e. The fourth-order valence-electron chi connectivity index (χ4n) is 3.00. The highest BCUT2D eigenvalue weighted by Gasteiger charge is 2.15. The van der Waals surface area contributed by atoms with Gasteiger partial charge in [-0.2, -0.15) is 0 Å². The molecule has 6 nitrogen and oxygen atoms in total. The molecule has 0 bridgehead atoms. The largest absolute Gasteiger partial charge is 0.340 e. The summed E-state index contributed by atoms with van der Waals surface area (Å²) in [5.41, 5.74) is 2.69. The molecule has 0 radical (unpaired) electrons. The molecular formula is C19H22N4O2. The van der Waals surface area contributed by atoms with Crippen molar-refractivity contribution in [3.8, 4) is 0 Å². The second kappa shape index (κ2) is 6.94. The molecule has 3 rings (SSSR count). The normalized spacial score (nSPS) is 11.1. The van der Waals surface area contributed by atoms with E-state index in [1.54, 1.807) is 34.7 Å². The summed E-state index contributed by atoms with van der Waals surface area (Å²) in [5.74, 6) is -0.0673. The Labute approximate surface area is 146 Å². The lowest BCUT2D eigenvalue weighted by Gasteiger charge is -2.18.